The molecule has 2 aromatic rings. The highest BCUT2D eigenvalue weighted by Gasteiger charge is 2.23. The van der Waals surface area contributed by atoms with Crippen molar-refractivity contribution in [3.63, 3.8) is 0 Å². The number of hydrogen-bond donors (Lipinski definition) is 0. The predicted octanol–water partition coefficient (Wildman–Crippen LogP) is 2.91. The number of anilines is 1. The Morgan fingerprint density at radius 1 is 1.30 bits per heavy atom. The van der Waals surface area contributed by atoms with Crippen LogP contribution in [0.15, 0.2) is 48.8 Å². The quantitative estimate of drug-likeness (QED) is 0.852. The molecule has 1 aromatic heterocycles. The second-order valence-corrected chi connectivity index (χ2v) is 6.32. The van der Waals surface area contributed by atoms with Gasteiger partial charge in [-0.25, -0.2) is 0 Å². The number of rotatable bonds is 5. The monoisotopic (exact) mass is 306 g/mol. The average molecular weight is 306 g/mol. The van der Waals surface area contributed by atoms with Crippen molar-refractivity contribution in [1.29, 1.82) is 5.26 Å². The topological polar surface area (TPSA) is 43.2 Å². The first kappa shape index (κ1) is 15.5. The smallest absolute Gasteiger partial charge is 0.0991 e. The van der Waals surface area contributed by atoms with Crippen LogP contribution in [-0.4, -0.2) is 36.6 Å². The van der Waals surface area contributed by atoms with E-state index < -0.39 is 0 Å². The van der Waals surface area contributed by atoms with Crippen LogP contribution in [0.2, 0.25) is 0 Å². The molecular formula is C19H22N4. The van der Waals surface area contributed by atoms with E-state index >= 15 is 0 Å². The second kappa shape index (κ2) is 7.26. The Morgan fingerprint density at radius 3 is 2.83 bits per heavy atom. The van der Waals surface area contributed by atoms with E-state index in [4.69, 9.17) is 5.26 Å². The van der Waals surface area contributed by atoms with E-state index in [0.717, 1.165) is 31.7 Å². The molecule has 0 bridgehead atoms. The van der Waals surface area contributed by atoms with Gasteiger partial charge in [0, 0.05) is 44.3 Å². The summed E-state index contributed by atoms with van der Waals surface area (Å²) >= 11 is 0. The highest BCUT2D eigenvalue weighted by Crippen LogP contribution is 2.24. The van der Waals surface area contributed by atoms with Crippen LogP contribution in [0.5, 0.6) is 0 Å². The van der Waals surface area contributed by atoms with Crippen LogP contribution in [0.1, 0.15) is 17.5 Å². The third-order valence-corrected chi connectivity index (χ3v) is 4.39. The van der Waals surface area contributed by atoms with Gasteiger partial charge in [-0.2, -0.15) is 5.26 Å². The van der Waals surface area contributed by atoms with Gasteiger partial charge in [0.05, 0.1) is 11.6 Å². The fourth-order valence-corrected chi connectivity index (χ4v) is 3.27. The molecule has 0 unspecified atom stereocenters. The van der Waals surface area contributed by atoms with Gasteiger partial charge >= 0.3 is 0 Å². The van der Waals surface area contributed by atoms with Crippen molar-refractivity contribution in [2.24, 2.45) is 5.92 Å². The van der Waals surface area contributed by atoms with Crippen molar-refractivity contribution >= 4 is 5.69 Å². The van der Waals surface area contributed by atoms with Gasteiger partial charge in [0.15, 0.2) is 0 Å². The van der Waals surface area contributed by atoms with Crippen LogP contribution in [0.3, 0.4) is 0 Å². The maximum atomic E-state index is 8.88. The number of hydrogen-bond acceptors (Lipinski definition) is 4. The molecule has 2 heterocycles. The third-order valence-electron chi connectivity index (χ3n) is 4.39. The number of nitriles is 1. The van der Waals surface area contributed by atoms with Crippen molar-refractivity contribution in [1.82, 2.24) is 9.88 Å². The SMILES string of the molecule is CN(Cc1cccnc1)C[C@H]1CCN(c2ccc(C#N)cc2)C1. The van der Waals surface area contributed by atoms with Gasteiger partial charge in [-0.1, -0.05) is 6.07 Å². The van der Waals surface area contributed by atoms with Crippen LogP contribution in [-0.2, 0) is 6.54 Å². The maximum absolute atomic E-state index is 8.88. The van der Waals surface area contributed by atoms with E-state index in [2.05, 4.69) is 46.1 Å². The van der Waals surface area contributed by atoms with Gasteiger partial charge in [0.1, 0.15) is 0 Å². The fraction of sp³-hybridized carbons (Fsp3) is 0.368. The molecule has 0 N–H and O–H groups in total. The Hall–Kier alpha value is -2.38. The van der Waals surface area contributed by atoms with Gasteiger partial charge in [0.2, 0.25) is 0 Å². The Bertz CT molecular complexity index is 660. The molecule has 4 heteroatoms. The van der Waals surface area contributed by atoms with Gasteiger partial charge in [-0.3, -0.25) is 4.98 Å². The zero-order chi connectivity index (χ0) is 16.1. The van der Waals surface area contributed by atoms with Crippen molar-refractivity contribution in [2.75, 3.05) is 31.6 Å². The lowest BCUT2D eigenvalue weighted by Crippen LogP contribution is -2.28. The molecule has 1 saturated heterocycles. The molecule has 1 aliphatic rings. The normalized spacial score (nSPS) is 17.4. The molecule has 0 aliphatic carbocycles. The molecule has 1 aromatic carbocycles. The summed E-state index contributed by atoms with van der Waals surface area (Å²) in [6.45, 7) is 4.23. The number of benzene rings is 1. The Morgan fingerprint density at radius 2 is 2.13 bits per heavy atom. The third kappa shape index (κ3) is 4.08. The summed E-state index contributed by atoms with van der Waals surface area (Å²) in [6.07, 6.45) is 4.97. The van der Waals surface area contributed by atoms with Gasteiger partial charge < -0.3 is 9.80 Å². The Kier molecular flexibility index (Phi) is 4.89. The lowest BCUT2D eigenvalue weighted by Gasteiger charge is -2.22. The number of aromatic nitrogens is 1. The molecule has 23 heavy (non-hydrogen) atoms. The van der Waals surface area contributed by atoms with Gasteiger partial charge in [-0.05, 0) is 55.3 Å². The number of pyridine rings is 1. The minimum atomic E-state index is 0.687. The van der Waals surface area contributed by atoms with Crippen LogP contribution < -0.4 is 4.90 Å². The lowest BCUT2D eigenvalue weighted by molar-refractivity contribution is 0.279. The van der Waals surface area contributed by atoms with Crippen LogP contribution >= 0.6 is 0 Å². The molecule has 3 rings (SSSR count). The Balaban J connectivity index is 1.52. The molecule has 0 saturated carbocycles. The first-order chi connectivity index (χ1) is 11.2. The molecule has 4 nitrogen and oxygen atoms in total. The zero-order valence-electron chi connectivity index (χ0n) is 13.5. The molecular weight excluding hydrogens is 284 g/mol. The van der Waals surface area contributed by atoms with E-state index in [0.29, 0.717) is 5.92 Å². The number of nitrogens with zero attached hydrogens (tertiary/aromatic N) is 4. The van der Waals surface area contributed by atoms with E-state index in [9.17, 15) is 0 Å². The average Bonchev–Trinajstić information content (AvgIpc) is 3.04. The van der Waals surface area contributed by atoms with Crippen LogP contribution in [0.4, 0.5) is 5.69 Å². The van der Waals surface area contributed by atoms with E-state index in [1.165, 1.54) is 17.7 Å². The van der Waals surface area contributed by atoms with E-state index in [1.807, 2.05) is 30.6 Å². The largest absolute Gasteiger partial charge is 0.371 e. The summed E-state index contributed by atoms with van der Waals surface area (Å²) in [6, 6.07) is 14.2. The zero-order valence-corrected chi connectivity index (χ0v) is 13.5. The van der Waals surface area contributed by atoms with Crippen LogP contribution in [0.25, 0.3) is 0 Å². The van der Waals surface area contributed by atoms with Crippen molar-refractivity contribution < 1.29 is 0 Å². The van der Waals surface area contributed by atoms with E-state index in [-0.39, 0.29) is 0 Å². The molecule has 0 spiro atoms. The molecule has 1 aliphatic heterocycles. The Labute approximate surface area is 138 Å². The highest BCUT2D eigenvalue weighted by molar-refractivity contribution is 5.50. The molecule has 118 valence electrons. The van der Waals surface area contributed by atoms with Crippen LogP contribution in [0, 0.1) is 17.2 Å². The maximum Gasteiger partial charge on any atom is 0.0991 e. The predicted molar refractivity (Wildman–Crippen MR) is 92.0 cm³/mol. The molecule has 0 amide bonds. The standard InChI is InChI=1S/C19H22N4/c1-22(13-17-3-2-9-21-12-17)14-18-8-10-23(15-18)19-6-4-16(11-20)5-7-19/h2-7,9,12,18H,8,10,13-15H2,1H3/t18-/m1/s1. The van der Waals surface area contributed by atoms with Crippen molar-refractivity contribution in [3.8, 4) is 6.07 Å². The summed E-state index contributed by atoms with van der Waals surface area (Å²) in [5, 5.41) is 8.88. The van der Waals surface area contributed by atoms with E-state index in [1.54, 1.807) is 0 Å². The minimum absolute atomic E-state index is 0.687. The summed E-state index contributed by atoms with van der Waals surface area (Å²) in [5.41, 5.74) is 3.21. The molecule has 1 fully saturated rings. The van der Waals surface area contributed by atoms with Gasteiger partial charge in [-0.15, -0.1) is 0 Å². The summed E-state index contributed by atoms with van der Waals surface area (Å²) in [5.74, 6) is 0.687. The van der Waals surface area contributed by atoms with Crippen molar-refractivity contribution in [2.45, 2.75) is 13.0 Å². The first-order valence-electron chi connectivity index (χ1n) is 8.07. The van der Waals surface area contributed by atoms with Gasteiger partial charge in [0.25, 0.3) is 0 Å². The highest BCUT2D eigenvalue weighted by atomic mass is 15.2. The fourth-order valence-electron chi connectivity index (χ4n) is 3.27. The van der Waals surface area contributed by atoms with Crippen molar-refractivity contribution in [3.05, 3.63) is 59.9 Å². The second-order valence-electron chi connectivity index (χ2n) is 6.32. The first-order valence-corrected chi connectivity index (χ1v) is 8.07. The molecule has 0 radical (unpaired) electrons. The summed E-state index contributed by atoms with van der Waals surface area (Å²) < 4.78 is 0. The minimum Gasteiger partial charge on any atom is -0.371 e. The lowest BCUT2D eigenvalue weighted by atomic mass is 10.1. The molecule has 1 atom stereocenters. The summed E-state index contributed by atoms with van der Waals surface area (Å²) in [4.78, 5) is 8.98. The summed E-state index contributed by atoms with van der Waals surface area (Å²) in [7, 11) is 2.18.